The van der Waals surface area contributed by atoms with Gasteiger partial charge in [0.15, 0.2) is 0 Å². The number of alkyl halides is 1. The van der Waals surface area contributed by atoms with Gasteiger partial charge in [0.05, 0.1) is 15.4 Å². The first kappa shape index (κ1) is 13.5. The predicted octanol–water partition coefficient (Wildman–Crippen LogP) is 3.34. The Morgan fingerprint density at radius 3 is 2.94 bits per heavy atom. The van der Waals surface area contributed by atoms with Gasteiger partial charge in [0.2, 0.25) is 0 Å². The highest BCUT2D eigenvalue weighted by atomic mass is 79.9. The average molecular weight is 309 g/mol. The quantitative estimate of drug-likeness (QED) is 0.849. The number of carbonyl (C=O) groups is 1. The van der Waals surface area contributed by atoms with Gasteiger partial charge in [-0.05, 0) is 34.5 Å². The maximum atomic E-state index is 13.5. The molecule has 1 rings (SSSR count). The van der Waals surface area contributed by atoms with Crippen LogP contribution in [-0.2, 0) is 0 Å². The summed E-state index contributed by atoms with van der Waals surface area (Å²) in [5.41, 5.74) is 0.0225. The van der Waals surface area contributed by atoms with Crippen LogP contribution in [0.3, 0.4) is 0 Å². The average Bonchev–Trinajstić information content (AvgIpc) is 2.29. The summed E-state index contributed by atoms with van der Waals surface area (Å²) in [6.07, 6.45) is 0.753. The van der Waals surface area contributed by atoms with E-state index in [4.69, 9.17) is 11.6 Å². The van der Waals surface area contributed by atoms with Crippen LogP contribution in [0.2, 0.25) is 0 Å². The molecular formula is C11H12BrClFNO. The maximum absolute atomic E-state index is 13.5. The van der Waals surface area contributed by atoms with Crippen LogP contribution in [-0.4, -0.2) is 17.8 Å². The van der Waals surface area contributed by atoms with Crippen molar-refractivity contribution < 1.29 is 9.18 Å². The van der Waals surface area contributed by atoms with Gasteiger partial charge >= 0.3 is 0 Å². The zero-order valence-corrected chi connectivity index (χ0v) is 11.1. The van der Waals surface area contributed by atoms with E-state index in [1.54, 1.807) is 12.1 Å². The van der Waals surface area contributed by atoms with E-state index in [9.17, 15) is 9.18 Å². The van der Waals surface area contributed by atoms with E-state index in [-0.39, 0.29) is 15.4 Å². The Balaban J connectivity index is 2.70. The normalized spacial score (nSPS) is 12.2. The summed E-state index contributed by atoms with van der Waals surface area (Å²) in [5.74, 6) is -1.000. The van der Waals surface area contributed by atoms with E-state index in [1.165, 1.54) is 6.07 Å². The largest absolute Gasteiger partial charge is 0.350 e. The van der Waals surface area contributed by atoms with E-state index in [0.717, 1.165) is 6.42 Å². The molecule has 1 N–H and O–H groups in total. The van der Waals surface area contributed by atoms with Gasteiger partial charge < -0.3 is 5.32 Å². The van der Waals surface area contributed by atoms with Gasteiger partial charge in [-0.15, -0.1) is 11.6 Å². The molecule has 0 radical (unpaired) electrons. The molecule has 0 heterocycles. The molecule has 0 spiro atoms. The summed E-state index contributed by atoms with van der Waals surface area (Å²) in [7, 11) is 0. The first-order valence-electron chi connectivity index (χ1n) is 4.92. The molecule has 0 bridgehead atoms. The van der Waals surface area contributed by atoms with Crippen molar-refractivity contribution in [3.63, 3.8) is 0 Å². The summed E-state index contributed by atoms with van der Waals surface area (Å²) < 4.78 is 13.8. The molecule has 88 valence electrons. The molecule has 0 aliphatic carbocycles. The first-order valence-corrected chi connectivity index (χ1v) is 6.15. The third-order valence-electron chi connectivity index (χ3n) is 2.12. The second kappa shape index (κ2) is 6.21. The fraction of sp³-hybridized carbons (Fsp3) is 0.364. The molecule has 1 amide bonds. The Morgan fingerprint density at radius 2 is 2.31 bits per heavy atom. The van der Waals surface area contributed by atoms with Crippen LogP contribution in [0.15, 0.2) is 22.7 Å². The van der Waals surface area contributed by atoms with Gasteiger partial charge in [-0.2, -0.15) is 0 Å². The Morgan fingerprint density at radius 1 is 1.62 bits per heavy atom. The molecule has 1 aromatic carbocycles. The third kappa shape index (κ3) is 3.46. The Kier molecular flexibility index (Phi) is 5.22. The van der Waals surface area contributed by atoms with Crippen LogP contribution in [0, 0.1) is 5.82 Å². The van der Waals surface area contributed by atoms with Crippen molar-refractivity contribution in [3.05, 3.63) is 34.1 Å². The molecule has 0 fully saturated rings. The summed E-state index contributed by atoms with van der Waals surface area (Å²) in [6, 6.07) is 4.59. The number of halogens is 3. The standard InChI is InChI=1S/C11H12BrClFNO/c1-2-7(13)6-15-11(16)8-4-3-5-9(12)10(8)14/h3-5,7H,2,6H2,1H3,(H,15,16). The van der Waals surface area contributed by atoms with Crippen molar-refractivity contribution in [2.75, 3.05) is 6.54 Å². The van der Waals surface area contributed by atoms with Gasteiger partial charge in [0.25, 0.3) is 5.91 Å². The van der Waals surface area contributed by atoms with Gasteiger partial charge in [-0.25, -0.2) is 4.39 Å². The van der Waals surface area contributed by atoms with Crippen molar-refractivity contribution >= 4 is 33.4 Å². The second-order valence-electron chi connectivity index (χ2n) is 3.32. The van der Waals surface area contributed by atoms with Gasteiger partial charge in [-0.3, -0.25) is 4.79 Å². The number of benzene rings is 1. The van der Waals surface area contributed by atoms with Crippen LogP contribution >= 0.6 is 27.5 Å². The van der Waals surface area contributed by atoms with Crippen molar-refractivity contribution in [2.45, 2.75) is 18.7 Å². The van der Waals surface area contributed by atoms with Crippen LogP contribution in [0.4, 0.5) is 4.39 Å². The van der Waals surface area contributed by atoms with E-state index < -0.39 is 11.7 Å². The first-order chi connectivity index (χ1) is 7.56. The van der Waals surface area contributed by atoms with E-state index >= 15 is 0 Å². The number of rotatable bonds is 4. The van der Waals surface area contributed by atoms with E-state index in [2.05, 4.69) is 21.2 Å². The van der Waals surface area contributed by atoms with Crippen LogP contribution in [0.25, 0.3) is 0 Å². The third-order valence-corrected chi connectivity index (χ3v) is 3.20. The van der Waals surface area contributed by atoms with Gasteiger partial charge in [0, 0.05) is 6.54 Å². The monoisotopic (exact) mass is 307 g/mol. The highest BCUT2D eigenvalue weighted by molar-refractivity contribution is 9.10. The lowest BCUT2D eigenvalue weighted by Gasteiger charge is -2.09. The van der Waals surface area contributed by atoms with Crippen LogP contribution < -0.4 is 5.32 Å². The SMILES string of the molecule is CCC(Cl)CNC(=O)c1cccc(Br)c1F. The minimum atomic E-state index is -0.553. The molecule has 2 nitrogen and oxygen atoms in total. The molecule has 1 atom stereocenters. The summed E-state index contributed by atoms with van der Waals surface area (Å²) in [5, 5.41) is 2.46. The lowest BCUT2D eigenvalue weighted by molar-refractivity contribution is 0.0949. The molecule has 0 saturated heterocycles. The number of hydrogen-bond donors (Lipinski definition) is 1. The minimum absolute atomic E-state index is 0.0225. The summed E-state index contributed by atoms with van der Waals surface area (Å²) >= 11 is 8.88. The molecule has 0 aliphatic heterocycles. The fourth-order valence-corrected chi connectivity index (χ4v) is 1.57. The maximum Gasteiger partial charge on any atom is 0.254 e. The van der Waals surface area contributed by atoms with Gasteiger partial charge in [0.1, 0.15) is 5.82 Å². The molecule has 1 aromatic rings. The van der Waals surface area contributed by atoms with E-state index in [1.807, 2.05) is 6.92 Å². The number of hydrogen-bond acceptors (Lipinski definition) is 1. The Hall–Kier alpha value is -0.610. The Labute approximate surface area is 107 Å². The van der Waals surface area contributed by atoms with Crippen LogP contribution in [0.1, 0.15) is 23.7 Å². The summed E-state index contributed by atoms with van der Waals surface area (Å²) in [6.45, 7) is 2.26. The highest BCUT2D eigenvalue weighted by Gasteiger charge is 2.14. The molecule has 1 unspecified atom stereocenters. The summed E-state index contributed by atoms with van der Waals surface area (Å²) in [4.78, 5) is 11.6. The minimum Gasteiger partial charge on any atom is -0.350 e. The highest BCUT2D eigenvalue weighted by Crippen LogP contribution is 2.18. The zero-order chi connectivity index (χ0) is 12.1. The number of carbonyl (C=O) groups excluding carboxylic acids is 1. The van der Waals surface area contributed by atoms with Crippen molar-refractivity contribution in [2.24, 2.45) is 0 Å². The second-order valence-corrected chi connectivity index (χ2v) is 4.79. The fourth-order valence-electron chi connectivity index (χ4n) is 1.12. The van der Waals surface area contributed by atoms with Crippen molar-refractivity contribution in [1.82, 2.24) is 5.32 Å². The molecule has 5 heteroatoms. The molecule has 0 aliphatic rings. The smallest absolute Gasteiger partial charge is 0.254 e. The lowest BCUT2D eigenvalue weighted by Crippen LogP contribution is -2.30. The predicted molar refractivity (Wildman–Crippen MR) is 66.4 cm³/mol. The van der Waals surface area contributed by atoms with Gasteiger partial charge in [-0.1, -0.05) is 13.0 Å². The van der Waals surface area contributed by atoms with Crippen LogP contribution in [0.5, 0.6) is 0 Å². The number of amides is 1. The molecular weight excluding hydrogens is 296 g/mol. The number of nitrogens with one attached hydrogen (secondary N) is 1. The van der Waals surface area contributed by atoms with Crippen molar-refractivity contribution in [1.29, 1.82) is 0 Å². The molecule has 0 aromatic heterocycles. The Bertz CT molecular complexity index is 386. The van der Waals surface area contributed by atoms with Crippen molar-refractivity contribution in [3.8, 4) is 0 Å². The van der Waals surface area contributed by atoms with E-state index in [0.29, 0.717) is 6.54 Å². The molecule has 16 heavy (non-hydrogen) atoms. The lowest BCUT2D eigenvalue weighted by atomic mass is 10.2. The topological polar surface area (TPSA) is 29.1 Å². The molecule has 0 saturated carbocycles. The zero-order valence-electron chi connectivity index (χ0n) is 8.77.